The van der Waals surface area contributed by atoms with Crippen LogP contribution in [0, 0.1) is 0 Å². The van der Waals surface area contributed by atoms with E-state index in [1.807, 2.05) is 24.3 Å². The van der Waals surface area contributed by atoms with E-state index in [-0.39, 0.29) is 12.0 Å². The van der Waals surface area contributed by atoms with E-state index in [1.165, 1.54) is 0 Å². The summed E-state index contributed by atoms with van der Waals surface area (Å²) >= 11 is 6.05. The van der Waals surface area contributed by atoms with E-state index in [9.17, 15) is 4.79 Å². The minimum atomic E-state index is 0.0223. The van der Waals surface area contributed by atoms with Crippen LogP contribution in [0.1, 0.15) is 12.0 Å². The standard InChI is InChI=1S/C16H24ClN3O2/c1-20-8-9-22-14(12-20)11-18-7-6-16(21)19-10-13-4-2-3-5-15(13)17/h2-5,14,18H,6-12H2,1H3,(H,19,21)/t14-/m1/s1. The van der Waals surface area contributed by atoms with Crippen molar-refractivity contribution < 1.29 is 9.53 Å². The number of rotatable bonds is 7. The Kier molecular flexibility index (Phi) is 7.12. The molecule has 0 aromatic heterocycles. The maximum Gasteiger partial charge on any atom is 0.221 e. The highest BCUT2D eigenvalue weighted by Crippen LogP contribution is 2.14. The molecule has 1 amide bonds. The Morgan fingerprint density at radius 3 is 3.05 bits per heavy atom. The summed E-state index contributed by atoms with van der Waals surface area (Å²) in [5.74, 6) is 0.0223. The van der Waals surface area contributed by atoms with Gasteiger partial charge >= 0.3 is 0 Å². The molecule has 1 aliphatic rings. The first-order valence-electron chi connectivity index (χ1n) is 7.66. The van der Waals surface area contributed by atoms with E-state index in [2.05, 4.69) is 22.6 Å². The Bertz CT molecular complexity index is 484. The Balaban J connectivity index is 1.57. The van der Waals surface area contributed by atoms with Crippen molar-refractivity contribution in [3.8, 4) is 0 Å². The van der Waals surface area contributed by atoms with Gasteiger partial charge in [0.05, 0.1) is 12.7 Å². The molecule has 122 valence electrons. The number of halogens is 1. The molecule has 0 spiro atoms. The Morgan fingerprint density at radius 2 is 2.27 bits per heavy atom. The topological polar surface area (TPSA) is 53.6 Å². The number of carbonyl (C=O) groups excluding carboxylic acids is 1. The molecule has 1 aromatic carbocycles. The van der Waals surface area contributed by atoms with E-state index in [0.717, 1.165) is 31.8 Å². The number of nitrogens with zero attached hydrogens (tertiary/aromatic N) is 1. The third kappa shape index (κ3) is 5.93. The summed E-state index contributed by atoms with van der Waals surface area (Å²) in [4.78, 5) is 14.1. The molecule has 2 rings (SSSR count). The van der Waals surface area contributed by atoms with Crippen LogP contribution in [-0.2, 0) is 16.1 Å². The minimum absolute atomic E-state index is 0.0223. The number of hydrogen-bond acceptors (Lipinski definition) is 4. The summed E-state index contributed by atoms with van der Waals surface area (Å²) in [5, 5.41) is 6.84. The van der Waals surface area contributed by atoms with Crippen molar-refractivity contribution in [1.29, 1.82) is 0 Å². The number of benzene rings is 1. The molecule has 1 fully saturated rings. The first-order chi connectivity index (χ1) is 10.6. The second-order valence-electron chi connectivity index (χ2n) is 5.58. The van der Waals surface area contributed by atoms with Crippen molar-refractivity contribution in [2.24, 2.45) is 0 Å². The van der Waals surface area contributed by atoms with Crippen LogP contribution in [0.25, 0.3) is 0 Å². The zero-order valence-corrected chi connectivity index (χ0v) is 13.7. The van der Waals surface area contributed by atoms with Gasteiger partial charge in [-0.15, -0.1) is 0 Å². The number of ether oxygens (including phenoxy) is 1. The van der Waals surface area contributed by atoms with Crippen LogP contribution in [0.5, 0.6) is 0 Å². The van der Waals surface area contributed by atoms with Gasteiger partial charge in [-0.3, -0.25) is 4.79 Å². The highest BCUT2D eigenvalue weighted by Gasteiger charge is 2.16. The number of nitrogens with one attached hydrogen (secondary N) is 2. The van der Waals surface area contributed by atoms with Crippen LogP contribution < -0.4 is 10.6 Å². The van der Waals surface area contributed by atoms with E-state index >= 15 is 0 Å². The van der Waals surface area contributed by atoms with Crippen molar-refractivity contribution in [1.82, 2.24) is 15.5 Å². The van der Waals surface area contributed by atoms with Gasteiger partial charge in [-0.25, -0.2) is 0 Å². The van der Waals surface area contributed by atoms with Gasteiger partial charge in [0, 0.05) is 44.2 Å². The molecule has 1 atom stereocenters. The second-order valence-corrected chi connectivity index (χ2v) is 5.98. The van der Waals surface area contributed by atoms with Crippen molar-refractivity contribution in [2.45, 2.75) is 19.1 Å². The molecule has 0 saturated carbocycles. The van der Waals surface area contributed by atoms with Gasteiger partial charge < -0.3 is 20.3 Å². The SMILES string of the molecule is CN1CCO[C@H](CNCCC(=O)NCc2ccccc2Cl)C1. The third-order valence-corrected chi connectivity index (χ3v) is 4.05. The monoisotopic (exact) mass is 325 g/mol. The zero-order chi connectivity index (χ0) is 15.8. The first-order valence-corrected chi connectivity index (χ1v) is 8.04. The molecule has 2 N–H and O–H groups in total. The summed E-state index contributed by atoms with van der Waals surface area (Å²) in [6, 6.07) is 7.53. The van der Waals surface area contributed by atoms with E-state index in [0.29, 0.717) is 24.5 Å². The van der Waals surface area contributed by atoms with Gasteiger partial charge in [-0.1, -0.05) is 29.8 Å². The van der Waals surface area contributed by atoms with E-state index in [4.69, 9.17) is 16.3 Å². The number of carbonyl (C=O) groups is 1. The van der Waals surface area contributed by atoms with Gasteiger partial charge in [0.25, 0.3) is 0 Å². The fraction of sp³-hybridized carbons (Fsp3) is 0.562. The van der Waals surface area contributed by atoms with Crippen molar-refractivity contribution in [3.63, 3.8) is 0 Å². The smallest absolute Gasteiger partial charge is 0.221 e. The number of likely N-dealkylation sites (N-methyl/N-ethyl adjacent to an activating group) is 1. The molecule has 22 heavy (non-hydrogen) atoms. The van der Waals surface area contributed by atoms with Gasteiger partial charge in [0.1, 0.15) is 0 Å². The molecule has 0 aliphatic carbocycles. The summed E-state index contributed by atoms with van der Waals surface area (Å²) < 4.78 is 5.65. The Morgan fingerprint density at radius 1 is 1.45 bits per heavy atom. The predicted molar refractivity (Wildman–Crippen MR) is 88.0 cm³/mol. The van der Waals surface area contributed by atoms with Gasteiger partial charge in [-0.2, -0.15) is 0 Å². The molecule has 1 heterocycles. The van der Waals surface area contributed by atoms with Crippen LogP contribution in [0.4, 0.5) is 0 Å². The zero-order valence-electron chi connectivity index (χ0n) is 13.0. The maximum absolute atomic E-state index is 11.8. The van der Waals surface area contributed by atoms with Gasteiger partial charge in [0.15, 0.2) is 0 Å². The fourth-order valence-electron chi connectivity index (χ4n) is 2.38. The highest BCUT2D eigenvalue weighted by molar-refractivity contribution is 6.31. The van der Waals surface area contributed by atoms with Crippen LogP contribution in [-0.4, -0.2) is 56.7 Å². The molecule has 1 aromatic rings. The van der Waals surface area contributed by atoms with Crippen molar-refractivity contribution in [2.75, 3.05) is 39.8 Å². The first kappa shape index (κ1) is 17.2. The predicted octanol–water partition coefficient (Wildman–Crippen LogP) is 1.27. The molecular formula is C16H24ClN3O2. The van der Waals surface area contributed by atoms with Gasteiger partial charge in [0.2, 0.25) is 5.91 Å². The summed E-state index contributed by atoms with van der Waals surface area (Å²) in [5.41, 5.74) is 0.934. The molecule has 5 nitrogen and oxygen atoms in total. The number of morpholine rings is 1. The Labute approximate surface area is 137 Å². The lowest BCUT2D eigenvalue weighted by Gasteiger charge is -2.30. The number of amides is 1. The minimum Gasteiger partial charge on any atom is -0.374 e. The van der Waals surface area contributed by atoms with Crippen LogP contribution in [0.2, 0.25) is 5.02 Å². The molecule has 0 radical (unpaired) electrons. The van der Waals surface area contributed by atoms with Crippen LogP contribution >= 0.6 is 11.6 Å². The van der Waals surface area contributed by atoms with Crippen molar-refractivity contribution >= 4 is 17.5 Å². The fourth-order valence-corrected chi connectivity index (χ4v) is 2.58. The average Bonchev–Trinajstić information content (AvgIpc) is 2.51. The molecule has 1 aliphatic heterocycles. The quantitative estimate of drug-likeness (QED) is 0.741. The third-order valence-electron chi connectivity index (χ3n) is 3.68. The van der Waals surface area contributed by atoms with Crippen LogP contribution in [0.3, 0.4) is 0 Å². The number of hydrogen-bond donors (Lipinski definition) is 2. The molecular weight excluding hydrogens is 302 g/mol. The molecule has 0 bridgehead atoms. The molecule has 1 saturated heterocycles. The summed E-state index contributed by atoms with van der Waals surface area (Å²) in [7, 11) is 2.09. The lowest BCUT2D eigenvalue weighted by atomic mass is 10.2. The lowest BCUT2D eigenvalue weighted by molar-refractivity contribution is -0.121. The highest BCUT2D eigenvalue weighted by atomic mass is 35.5. The van der Waals surface area contributed by atoms with E-state index in [1.54, 1.807) is 0 Å². The summed E-state index contributed by atoms with van der Waals surface area (Å²) in [6.07, 6.45) is 0.664. The molecule has 6 heteroatoms. The second kappa shape index (κ2) is 9.10. The molecule has 0 unspecified atom stereocenters. The maximum atomic E-state index is 11.8. The van der Waals surface area contributed by atoms with Crippen LogP contribution in [0.15, 0.2) is 24.3 Å². The summed E-state index contributed by atoms with van der Waals surface area (Å²) in [6.45, 7) is 4.60. The van der Waals surface area contributed by atoms with Crippen molar-refractivity contribution in [3.05, 3.63) is 34.9 Å². The normalized spacial score (nSPS) is 19.1. The van der Waals surface area contributed by atoms with Gasteiger partial charge in [-0.05, 0) is 18.7 Å². The largest absolute Gasteiger partial charge is 0.374 e. The average molecular weight is 326 g/mol. The Hall–Kier alpha value is -1.14. The lowest BCUT2D eigenvalue weighted by Crippen LogP contribution is -2.45. The van der Waals surface area contributed by atoms with E-state index < -0.39 is 0 Å².